The first-order valence-electron chi connectivity index (χ1n) is 5.33. The van der Waals surface area contributed by atoms with Crippen LogP contribution in [0.2, 0.25) is 0 Å². The van der Waals surface area contributed by atoms with E-state index >= 15 is 0 Å². The molecule has 0 aliphatic heterocycles. The molecule has 0 spiro atoms. The first kappa shape index (κ1) is 17.7. The van der Waals surface area contributed by atoms with Gasteiger partial charge in [0.15, 0.2) is 5.57 Å². The summed E-state index contributed by atoms with van der Waals surface area (Å²) in [5.74, 6) is -0.0410. The van der Waals surface area contributed by atoms with Crippen LogP contribution in [-0.2, 0) is 0 Å². The molecule has 1 aromatic carbocycles. The van der Waals surface area contributed by atoms with Gasteiger partial charge in [-0.2, -0.15) is 15.8 Å². The molecule has 1 N–H and O–H groups in total. The minimum atomic E-state index is -0.679. The number of hydrogen-bond donors (Lipinski definition) is 1. The van der Waals surface area contributed by atoms with Crippen LogP contribution >= 0.6 is 38.5 Å². The molecule has 0 amide bonds. The summed E-state index contributed by atoms with van der Waals surface area (Å²) in [6.45, 7) is 0. The van der Waals surface area contributed by atoms with E-state index in [0.717, 1.165) is 0 Å². The van der Waals surface area contributed by atoms with Crippen molar-refractivity contribution >= 4 is 49.9 Å². The Balaban J connectivity index is 3.67. The second kappa shape index (κ2) is 7.59. The number of halogens is 2. The third-order valence-electron chi connectivity index (χ3n) is 2.38. The third kappa shape index (κ3) is 3.45. The van der Waals surface area contributed by atoms with E-state index in [9.17, 15) is 10.1 Å². The lowest BCUT2D eigenvalue weighted by molar-refractivity contribution is -0.384. The molecule has 8 nitrogen and oxygen atoms in total. The van der Waals surface area contributed by atoms with Crippen molar-refractivity contribution in [3.63, 3.8) is 0 Å². The number of ether oxygens (including phenoxy) is 1. The zero-order chi connectivity index (χ0) is 16.9. The Bertz CT molecular complexity index is 785. The molecule has 0 bridgehead atoms. The van der Waals surface area contributed by atoms with Crippen molar-refractivity contribution < 1.29 is 9.66 Å². The first-order valence-corrected chi connectivity index (χ1v) is 7.20. The fourth-order valence-corrected chi connectivity index (χ4v) is 3.19. The number of nitrogens with one attached hydrogen (secondary N) is 1. The van der Waals surface area contributed by atoms with Gasteiger partial charge in [-0.05, 0) is 44.6 Å². The Morgan fingerprint density at radius 3 is 2.41 bits per heavy atom. The summed E-state index contributed by atoms with van der Waals surface area (Å²) in [7, 11) is 1.26. The smallest absolute Gasteiger partial charge is 0.336 e. The molecule has 110 valence electrons. The van der Waals surface area contributed by atoms with Crippen molar-refractivity contribution in [2.75, 3.05) is 12.4 Å². The molecule has 0 heterocycles. The SMILES string of the molecule is COc1c(Br)cc(I)c(NC(C#N)=C(C#N)C#N)c1[N+](=O)[O-]. The zero-order valence-corrected chi connectivity index (χ0v) is 14.6. The van der Waals surface area contributed by atoms with Crippen molar-refractivity contribution in [1.29, 1.82) is 15.8 Å². The van der Waals surface area contributed by atoms with Gasteiger partial charge in [0.25, 0.3) is 0 Å². The van der Waals surface area contributed by atoms with E-state index in [1.54, 1.807) is 24.3 Å². The number of nitriles is 3. The fraction of sp³-hybridized carbons (Fsp3) is 0.0833. The standard InChI is InChI=1S/C12H5BrIN5O3/c1-22-12-7(13)2-8(14)10(11(12)19(20)21)18-9(5-17)6(3-15)4-16/h2,18H,1H3. The lowest BCUT2D eigenvalue weighted by Gasteiger charge is -2.12. The summed E-state index contributed by atoms with van der Waals surface area (Å²) in [6.07, 6.45) is 0. The van der Waals surface area contributed by atoms with Crippen LogP contribution in [0.25, 0.3) is 0 Å². The summed E-state index contributed by atoms with van der Waals surface area (Å²) in [6, 6.07) is 6.29. The average Bonchev–Trinajstić information content (AvgIpc) is 2.48. The maximum Gasteiger partial charge on any atom is 0.336 e. The number of allylic oxidation sites excluding steroid dienone is 2. The molecule has 0 aliphatic carbocycles. The summed E-state index contributed by atoms with van der Waals surface area (Å²) >= 11 is 4.98. The fourth-order valence-electron chi connectivity index (χ4n) is 1.48. The van der Waals surface area contributed by atoms with Crippen molar-refractivity contribution in [1.82, 2.24) is 0 Å². The highest BCUT2D eigenvalue weighted by atomic mass is 127. The van der Waals surface area contributed by atoms with E-state index in [2.05, 4.69) is 21.2 Å². The van der Waals surface area contributed by atoms with E-state index in [1.165, 1.54) is 7.11 Å². The number of nitro groups is 1. The number of anilines is 1. The van der Waals surface area contributed by atoms with Crippen LogP contribution < -0.4 is 10.1 Å². The van der Waals surface area contributed by atoms with Crippen LogP contribution in [0, 0.1) is 47.7 Å². The van der Waals surface area contributed by atoms with E-state index in [0.29, 0.717) is 8.04 Å². The van der Waals surface area contributed by atoms with Gasteiger partial charge in [-0.1, -0.05) is 0 Å². The molecule has 0 aliphatic rings. The maximum absolute atomic E-state index is 11.3. The Kier molecular flexibility index (Phi) is 6.11. The molecule has 0 aromatic heterocycles. The molecule has 0 atom stereocenters. The van der Waals surface area contributed by atoms with Crippen LogP contribution in [0.4, 0.5) is 11.4 Å². The number of nitro benzene ring substituents is 1. The van der Waals surface area contributed by atoms with Crippen molar-refractivity contribution in [3.8, 4) is 24.0 Å². The van der Waals surface area contributed by atoms with Gasteiger partial charge >= 0.3 is 5.69 Å². The number of nitrogens with zero attached hydrogens (tertiary/aromatic N) is 4. The number of hydrogen-bond acceptors (Lipinski definition) is 7. The van der Waals surface area contributed by atoms with Gasteiger partial charge in [0.1, 0.15) is 29.6 Å². The van der Waals surface area contributed by atoms with Crippen molar-refractivity contribution in [2.45, 2.75) is 0 Å². The lowest BCUT2D eigenvalue weighted by atomic mass is 10.2. The summed E-state index contributed by atoms with van der Waals surface area (Å²) < 4.78 is 5.76. The van der Waals surface area contributed by atoms with Gasteiger partial charge < -0.3 is 10.1 Å². The van der Waals surface area contributed by atoms with Gasteiger partial charge in [-0.3, -0.25) is 10.1 Å². The predicted molar refractivity (Wildman–Crippen MR) is 87.6 cm³/mol. The topological polar surface area (TPSA) is 136 Å². The van der Waals surface area contributed by atoms with Gasteiger partial charge in [0.05, 0.1) is 16.5 Å². The third-order valence-corrected chi connectivity index (χ3v) is 3.82. The molecular formula is C12H5BrIN5O3. The van der Waals surface area contributed by atoms with Crippen molar-refractivity contribution in [3.05, 3.63) is 35.5 Å². The Morgan fingerprint density at radius 2 is 2.00 bits per heavy atom. The molecule has 0 saturated heterocycles. The number of methoxy groups -OCH3 is 1. The molecule has 0 fully saturated rings. The van der Waals surface area contributed by atoms with E-state index in [-0.39, 0.29) is 17.1 Å². The summed E-state index contributed by atoms with van der Waals surface area (Å²) in [4.78, 5) is 10.6. The maximum atomic E-state index is 11.3. The van der Waals surface area contributed by atoms with Crippen LogP contribution in [0.15, 0.2) is 21.8 Å². The largest absolute Gasteiger partial charge is 0.489 e. The summed E-state index contributed by atoms with van der Waals surface area (Å²) in [5.41, 5.74) is -1.31. The molecular weight excluding hydrogens is 469 g/mol. The second-order valence-electron chi connectivity index (χ2n) is 3.56. The first-order chi connectivity index (χ1) is 10.4. The monoisotopic (exact) mass is 473 g/mol. The Morgan fingerprint density at radius 1 is 1.41 bits per heavy atom. The Hall–Kier alpha value is -2.36. The van der Waals surface area contributed by atoms with E-state index in [4.69, 9.17) is 20.5 Å². The van der Waals surface area contributed by atoms with Crippen LogP contribution in [-0.4, -0.2) is 12.0 Å². The normalized spacial score (nSPS) is 8.91. The molecule has 0 radical (unpaired) electrons. The lowest BCUT2D eigenvalue weighted by Crippen LogP contribution is -2.07. The Labute approximate surface area is 147 Å². The number of benzene rings is 1. The quantitative estimate of drug-likeness (QED) is 0.307. The van der Waals surface area contributed by atoms with Gasteiger partial charge in [-0.15, -0.1) is 0 Å². The van der Waals surface area contributed by atoms with Crippen LogP contribution in [0.1, 0.15) is 0 Å². The molecule has 22 heavy (non-hydrogen) atoms. The minimum Gasteiger partial charge on any atom is -0.489 e. The highest BCUT2D eigenvalue weighted by Gasteiger charge is 2.27. The second-order valence-corrected chi connectivity index (χ2v) is 5.58. The van der Waals surface area contributed by atoms with Gasteiger partial charge in [0, 0.05) is 3.57 Å². The molecule has 1 aromatic rings. The molecule has 10 heteroatoms. The van der Waals surface area contributed by atoms with Crippen LogP contribution in [0.3, 0.4) is 0 Å². The summed E-state index contributed by atoms with van der Waals surface area (Å²) in [5, 5.41) is 40.4. The zero-order valence-electron chi connectivity index (χ0n) is 10.8. The molecule has 1 rings (SSSR count). The van der Waals surface area contributed by atoms with E-state index in [1.807, 2.05) is 22.6 Å². The highest BCUT2D eigenvalue weighted by molar-refractivity contribution is 14.1. The van der Waals surface area contributed by atoms with Gasteiger partial charge in [-0.25, -0.2) is 0 Å². The van der Waals surface area contributed by atoms with E-state index < -0.39 is 16.2 Å². The molecule has 0 saturated carbocycles. The van der Waals surface area contributed by atoms with Crippen molar-refractivity contribution in [2.24, 2.45) is 0 Å². The molecule has 0 unspecified atom stereocenters. The highest BCUT2D eigenvalue weighted by Crippen LogP contribution is 2.44. The number of rotatable bonds is 4. The minimum absolute atomic E-state index is 0.0369. The van der Waals surface area contributed by atoms with Gasteiger partial charge in [0.2, 0.25) is 5.75 Å². The predicted octanol–water partition coefficient (Wildman–Crippen LogP) is 3.21. The average molecular weight is 474 g/mol. The van der Waals surface area contributed by atoms with Crippen LogP contribution in [0.5, 0.6) is 5.75 Å².